The van der Waals surface area contributed by atoms with Crippen LogP contribution in [-0.2, 0) is 16.0 Å². The summed E-state index contributed by atoms with van der Waals surface area (Å²) in [5.41, 5.74) is -2.00. The van der Waals surface area contributed by atoms with Crippen LogP contribution in [0.15, 0.2) is 34.0 Å². The van der Waals surface area contributed by atoms with Crippen LogP contribution in [0.1, 0.15) is 23.1 Å². The van der Waals surface area contributed by atoms with Crippen LogP contribution in [0, 0.1) is 0 Å². The number of aromatic nitrogens is 4. The summed E-state index contributed by atoms with van der Waals surface area (Å²) in [6.45, 7) is 1.39. The van der Waals surface area contributed by atoms with Gasteiger partial charge in [-0.3, -0.25) is 4.79 Å². The minimum Gasteiger partial charge on any atom is -0.383 e. The highest BCUT2D eigenvalue weighted by Gasteiger charge is 2.36. The normalized spacial score (nSPS) is 12.2. The Labute approximate surface area is 176 Å². The average Bonchev–Trinajstić information content (AvgIpc) is 3.15. The van der Waals surface area contributed by atoms with Crippen molar-refractivity contribution in [3.63, 3.8) is 0 Å². The maximum absolute atomic E-state index is 13.5. The van der Waals surface area contributed by atoms with Crippen molar-refractivity contribution < 1.29 is 26.4 Å². The van der Waals surface area contributed by atoms with Crippen molar-refractivity contribution in [2.45, 2.75) is 18.0 Å². The molecule has 3 aromatic rings. The highest BCUT2D eigenvalue weighted by atomic mass is 79.9. The van der Waals surface area contributed by atoms with E-state index in [1.807, 2.05) is 0 Å². The molecule has 160 valence electrons. The van der Waals surface area contributed by atoms with Gasteiger partial charge in [-0.1, -0.05) is 6.92 Å². The number of carbonyl (C=O) groups excluding carboxylic acids is 1. The largest absolute Gasteiger partial charge is 0.433 e. The van der Waals surface area contributed by atoms with Gasteiger partial charge in [0.25, 0.3) is 5.91 Å². The second-order valence-electron chi connectivity index (χ2n) is 5.92. The van der Waals surface area contributed by atoms with Gasteiger partial charge in [0.15, 0.2) is 21.2 Å². The topological polar surface area (TPSA) is 118 Å². The van der Waals surface area contributed by atoms with E-state index in [1.54, 1.807) is 0 Å². The van der Waals surface area contributed by atoms with Crippen LogP contribution in [-0.4, -0.2) is 46.7 Å². The summed E-state index contributed by atoms with van der Waals surface area (Å²) in [4.78, 5) is 20.1. The van der Waals surface area contributed by atoms with Crippen molar-refractivity contribution in [3.8, 4) is 0 Å². The first-order valence-corrected chi connectivity index (χ1v) is 10.8. The van der Waals surface area contributed by atoms with E-state index >= 15 is 0 Å². The average molecular weight is 507 g/mol. The van der Waals surface area contributed by atoms with E-state index < -0.39 is 33.3 Å². The minimum atomic E-state index is -4.79. The zero-order chi connectivity index (χ0) is 22.3. The van der Waals surface area contributed by atoms with Crippen LogP contribution < -0.4 is 10.6 Å². The van der Waals surface area contributed by atoms with E-state index in [9.17, 15) is 26.4 Å². The molecule has 3 aromatic heterocycles. The number of fused-ring (bicyclic) bond motifs is 1. The van der Waals surface area contributed by atoms with Crippen molar-refractivity contribution in [2.75, 3.05) is 23.4 Å². The van der Waals surface area contributed by atoms with E-state index in [4.69, 9.17) is 0 Å². The molecule has 9 nitrogen and oxygen atoms in total. The Morgan fingerprint density at radius 3 is 2.57 bits per heavy atom. The molecule has 3 heterocycles. The Hall–Kier alpha value is -2.74. The van der Waals surface area contributed by atoms with E-state index in [0.29, 0.717) is 15.1 Å². The van der Waals surface area contributed by atoms with Crippen LogP contribution in [0.4, 0.5) is 24.5 Å². The maximum atomic E-state index is 13.5. The number of rotatable bonds is 5. The number of anilines is 2. The highest BCUT2D eigenvalue weighted by Crippen LogP contribution is 2.36. The molecule has 2 N–H and O–H groups in total. The van der Waals surface area contributed by atoms with Gasteiger partial charge in [0, 0.05) is 17.7 Å². The zero-order valence-electron chi connectivity index (χ0n) is 15.5. The smallest absolute Gasteiger partial charge is 0.383 e. The van der Waals surface area contributed by atoms with Crippen LogP contribution >= 0.6 is 15.9 Å². The van der Waals surface area contributed by atoms with Gasteiger partial charge in [-0.05, 0) is 28.1 Å². The summed E-state index contributed by atoms with van der Waals surface area (Å²) in [5, 5.41) is 8.55. The van der Waals surface area contributed by atoms with Crippen LogP contribution in [0.2, 0.25) is 0 Å². The van der Waals surface area contributed by atoms with Crippen molar-refractivity contribution in [3.05, 3.63) is 40.5 Å². The summed E-state index contributed by atoms with van der Waals surface area (Å²) < 4.78 is 66.0. The molecule has 0 radical (unpaired) electrons. The van der Waals surface area contributed by atoms with Gasteiger partial charge in [0.2, 0.25) is 0 Å². The van der Waals surface area contributed by atoms with Crippen LogP contribution in [0.3, 0.4) is 0 Å². The molecule has 0 spiro atoms. The van der Waals surface area contributed by atoms with Crippen molar-refractivity contribution >= 4 is 48.7 Å². The molecular weight excluding hydrogens is 493 g/mol. The molecule has 0 atom stereocenters. The number of hydrogen-bond donors (Lipinski definition) is 2. The molecule has 0 aliphatic carbocycles. The van der Waals surface area contributed by atoms with Gasteiger partial charge in [0.1, 0.15) is 17.7 Å². The molecule has 1 amide bonds. The van der Waals surface area contributed by atoms with Crippen LogP contribution in [0.25, 0.3) is 5.65 Å². The Bertz CT molecular complexity index is 1240. The third-order valence-corrected chi connectivity index (χ3v) is 6.26. The first kappa shape index (κ1) is 22.0. The van der Waals surface area contributed by atoms with E-state index in [2.05, 4.69) is 41.6 Å². The summed E-state index contributed by atoms with van der Waals surface area (Å²) in [6.07, 6.45) is -2.63. The quantitative estimate of drug-likeness (QED) is 0.545. The number of carbonyl (C=O) groups is 1. The van der Waals surface area contributed by atoms with E-state index in [0.717, 1.165) is 6.33 Å². The SMILES string of the molecule is CCS(=O)(=O)c1cc(Br)cnc1C(=O)Nc1cc(C(F)(F)F)n2ncnc2c1NC. The fourth-order valence-corrected chi connectivity index (χ4v) is 4.23. The number of sulfone groups is 1. The van der Waals surface area contributed by atoms with E-state index in [1.165, 1.54) is 26.2 Å². The van der Waals surface area contributed by atoms with Gasteiger partial charge in [-0.25, -0.2) is 22.9 Å². The first-order valence-electron chi connectivity index (χ1n) is 8.31. The molecule has 14 heteroatoms. The number of amides is 1. The molecule has 0 fully saturated rings. The number of hydrogen-bond acceptors (Lipinski definition) is 7. The van der Waals surface area contributed by atoms with Crippen molar-refractivity contribution in [1.29, 1.82) is 0 Å². The first-order chi connectivity index (χ1) is 14.0. The lowest BCUT2D eigenvalue weighted by atomic mass is 10.2. The third kappa shape index (κ3) is 3.96. The highest BCUT2D eigenvalue weighted by molar-refractivity contribution is 9.10. The minimum absolute atomic E-state index is 0.0610. The predicted octanol–water partition coefficient (Wildman–Crippen LogP) is 2.99. The second kappa shape index (κ2) is 7.83. The fourth-order valence-electron chi connectivity index (χ4n) is 2.69. The molecule has 0 aliphatic heterocycles. The molecule has 0 bridgehead atoms. The molecule has 3 rings (SSSR count). The number of nitrogens with zero attached hydrogens (tertiary/aromatic N) is 4. The van der Waals surface area contributed by atoms with Gasteiger partial charge < -0.3 is 10.6 Å². The number of pyridine rings is 2. The second-order valence-corrected chi connectivity index (χ2v) is 9.08. The standard InChI is InChI=1S/C16H14BrF3N6O3S/c1-3-30(28,29)10-4-8(17)6-22-13(10)15(27)25-9-5-11(16(18,19)20)26-14(12(9)21-2)23-7-24-26/h4-7,21H,3H2,1-2H3,(H,25,27). The number of nitrogens with one attached hydrogen (secondary N) is 2. The molecule has 0 aromatic carbocycles. The van der Waals surface area contributed by atoms with Gasteiger partial charge in [-0.15, -0.1) is 0 Å². The lowest BCUT2D eigenvalue weighted by Crippen LogP contribution is -2.21. The fraction of sp³-hybridized carbons (Fsp3) is 0.250. The lowest BCUT2D eigenvalue weighted by Gasteiger charge is -2.16. The Morgan fingerprint density at radius 1 is 1.27 bits per heavy atom. The maximum Gasteiger partial charge on any atom is 0.433 e. The molecule has 30 heavy (non-hydrogen) atoms. The summed E-state index contributed by atoms with van der Waals surface area (Å²) >= 11 is 3.10. The number of alkyl halides is 3. The van der Waals surface area contributed by atoms with Crippen molar-refractivity contribution in [1.82, 2.24) is 19.6 Å². The Morgan fingerprint density at radius 2 is 1.97 bits per heavy atom. The molecule has 0 aliphatic rings. The summed E-state index contributed by atoms with van der Waals surface area (Å²) in [5.74, 6) is -1.29. The number of halogens is 4. The Balaban J connectivity index is 2.15. The molecule has 0 saturated heterocycles. The van der Waals surface area contributed by atoms with Gasteiger partial charge in [-0.2, -0.15) is 18.3 Å². The molecule has 0 unspecified atom stereocenters. The zero-order valence-corrected chi connectivity index (χ0v) is 17.9. The third-order valence-electron chi connectivity index (χ3n) is 4.09. The van der Waals surface area contributed by atoms with Gasteiger partial charge in [0.05, 0.1) is 16.3 Å². The molecular formula is C16H14BrF3N6O3S. The molecule has 0 saturated carbocycles. The Kier molecular flexibility index (Phi) is 5.73. The lowest BCUT2D eigenvalue weighted by molar-refractivity contribution is -0.142. The van der Waals surface area contributed by atoms with Crippen molar-refractivity contribution in [2.24, 2.45) is 0 Å². The van der Waals surface area contributed by atoms with Gasteiger partial charge >= 0.3 is 6.18 Å². The summed E-state index contributed by atoms with van der Waals surface area (Å²) in [6, 6.07) is 1.89. The monoisotopic (exact) mass is 506 g/mol. The summed E-state index contributed by atoms with van der Waals surface area (Å²) in [7, 11) is -2.41. The van der Waals surface area contributed by atoms with E-state index in [-0.39, 0.29) is 27.7 Å². The predicted molar refractivity (Wildman–Crippen MR) is 105 cm³/mol. The van der Waals surface area contributed by atoms with Crippen LogP contribution in [0.5, 0.6) is 0 Å².